The number of carbonyl (C=O) groups is 1. The molecule has 166 valence electrons. The smallest absolute Gasteiger partial charge is 0.307 e. The third-order valence-electron chi connectivity index (χ3n) is 6.09. The fourth-order valence-corrected chi connectivity index (χ4v) is 5.96. The van der Waals surface area contributed by atoms with E-state index >= 15 is 0 Å². The summed E-state index contributed by atoms with van der Waals surface area (Å²) in [4.78, 5) is 13.1. The van der Waals surface area contributed by atoms with Crippen LogP contribution in [-0.4, -0.2) is 51.1 Å². The van der Waals surface area contributed by atoms with E-state index in [4.69, 9.17) is 9.47 Å². The van der Waals surface area contributed by atoms with Crippen LogP contribution < -0.4 is 4.74 Å². The minimum atomic E-state index is -1.62. The number of ether oxygens (including phenoxy) is 2. The molecule has 2 N–H and O–H groups in total. The molecule has 0 amide bonds. The molecule has 0 radical (unpaired) electrons. The third-order valence-corrected chi connectivity index (χ3v) is 7.82. The molecule has 6 nitrogen and oxygen atoms in total. The molecular formula is C23H32O6S. The zero-order valence-electron chi connectivity index (χ0n) is 17.6. The molecule has 1 fully saturated rings. The fraction of sp³-hybridized carbons (Fsp3) is 0.609. The van der Waals surface area contributed by atoms with Crippen molar-refractivity contribution in [1.82, 2.24) is 0 Å². The van der Waals surface area contributed by atoms with Crippen LogP contribution in [0.1, 0.15) is 45.4 Å². The number of fused-ring (bicyclic) bond motifs is 1. The lowest BCUT2D eigenvalue weighted by atomic mass is 9.87. The predicted octanol–water partition coefficient (Wildman–Crippen LogP) is 2.98. The Morgan fingerprint density at radius 1 is 1.17 bits per heavy atom. The minimum absolute atomic E-state index is 0.000403. The van der Waals surface area contributed by atoms with E-state index in [1.165, 1.54) is 0 Å². The number of rotatable bonds is 3. The second-order valence-electron chi connectivity index (χ2n) is 8.32. The molecule has 2 aliphatic rings. The van der Waals surface area contributed by atoms with Crippen molar-refractivity contribution < 1.29 is 28.7 Å². The standard InChI is InChI=1S/C23H32O6S/c1-15-6-4-3-5-7-16-12-17(24)13-20(16)23(26)21(14-22(25)29-15)30(27)19-10-8-18(28-2)9-11-19/h5,7-11,15-17,20-21,23-24,26H,3-4,6,12-14H2,1-2H3/b7-5+/t15-,16+,17-,20+,21+,23-,30?/m0/s1. The molecule has 1 aromatic carbocycles. The number of allylic oxidation sites excluding steroid dienone is 2. The van der Waals surface area contributed by atoms with Gasteiger partial charge in [0.2, 0.25) is 0 Å². The summed E-state index contributed by atoms with van der Waals surface area (Å²) in [7, 11) is -0.0646. The molecule has 7 atom stereocenters. The monoisotopic (exact) mass is 436 g/mol. The van der Waals surface area contributed by atoms with Gasteiger partial charge < -0.3 is 19.7 Å². The zero-order valence-corrected chi connectivity index (χ0v) is 18.4. The summed E-state index contributed by atoms with van der Waals surface area (Å²) in [6.45, 7) is 1.86. The van der Waals surface area contributed by atoms with E-state index < -0.39 is 34.2 Å². The van der Waals surface area contributed by atoms with Gasteiger partial charge in [-0.2, -0.15) is 0 Å². The van der Waals surface area contributed by atoms with E-state index in [1.807, 2.05) is 6.92 Å². The molecule has 1 unspecified atom stereocenters. The lowest BCUT2D eigenvalue weighted by molar-refractivity contribution is -0.149. The lowest BCUT2D eigenvalue weighted by Gasteiger charge is -2.29. The van der Waals surface area contributed by atoms with Crippen molar-refractivity contribution in [2.75, 3.05) is 7.11 Å². The van der Waals surface area contributed by atoms with E-state index in [9.17, 15) is 19.2 Å². The quantitative estimate of drug-likeness (QED) is 0.559. The van der Waals surface area contributed by atoms with E-state index in [2.05, 4.69) is 12.2 Å². The number of esters is 1. The van der Waals surface area contributed by atoms with Crippen molar-refractivity contribution in [3.8, 4) is 5.75 Å². The first kappa shape index (κ1) is 23.0. The summed E-state index contributed by atoms with van der Waals surface area (Å²) < 4.78 is 24.1. The Hall–Kier alpha value is -1.70. The van der Waals surface area contributed by atoms with Gasteiger partial charge in [-0.15, -0.1) is 0 Å². The van der Waals surface area contributed by atoms with Crippen LogP contribution in [0.5, 0.6) is 5.75 Å². The van der Waals surface area contributed by atoms with Gasteiger partial charge in [0, 0.05) is 4.90 Å². The number of hydrogen-bond donors (Lipinski definition) is 2. The van der Waals surface area contributed by atoms with Crippen molar-refractivity contribution in [2.24, 2.45) is 11.8 Å². The largest absolute Gasteiger partial charge is 0.497 e. The Kier molecular flexibility index (Phi) is 8.08. The Labute approximate surface area is 180 Å². The summed E-state index contributed by atoms with van der Waals surface area (Å²) in [6, 6.07) is 6.81. The molecular weight excluding hydrogens is 404 g/mol. The van der Waals surface area contributed by atoms with E-state index in [-0.39, 0.29) is 24.4 Å². The molecule has 0 aromatic heterocycles. The molecule has 1 aliphatic heterocycles. The predicted molar refractivity (Wildman–Crippen MR) is 115 cm³/mol. The molecule has 1 aliphatic carbocycles. The average Bonchev–Trinajstić information content (AvgIpc) is 3.10. The molecule has 7 heteroatoms. The highest BCUT2D eigenvalue weighted by atomic mass is 32.2. The Morgan fingerprint density at radius 3 is 2.60 bits per heavy atom. The summed E-state index contributed by atoms with van der Waals surface area (Å²) in [5.41, 5.74) is 0. The van der Waals surface area contributed by atoms with Crippen LogP contribution in [0.3, 0.4) is 0 Å². The number of cyclic esters (lactones) is 1. The first-order valence-electron chi connectivity index (χ1n) is 10.7. The topological polar surface area (TPSA) is 93.1 Å². The summed E-state index contributed by atoms with van der Waals surface area (Å²) >= 11 is 0. The SMILES string of the molecule is COc1ccc(S(=O)[C@@H]2CC(=O)O[C@@H](C)CCC/C=C/[C@@H]3C[C@H](O)C[C@H]3[C@@H]2O)cc1. The van der Waals surface area contributed by atoms with Gasteiger partial charge in [0.25, 0.3) is 0 Å². The van der Waals surface area contributed by atoms with Gasteiger partial charge in [0.05, 0.1) is 47.9 Å². The van der Waals surface area contributed by atoms with Crippen molar-refractivity contribution in [3.05, 3.63) is 36.4 Å². The van der Waals surface area contributed by atoms with E-state index in [1.54, 1.807) is 31.4 Å². The maximum Gasteiger partial charge on any atom is 0.307 e. The molecule has 0 spiro atoms. The maximum atomic E-state index is 13.4. The van der Waals surface area contributed by atoms with Gasteiger partial charge in [-0.3, -0.25) is 9.00 Å². The van der Waals surface area contributed by atoms with Crippen LogP contribution in [0.15, 0.2) is 41.3 Å². The van der Waals surface area contributed by atoms with Gasteiger partial charge in [0.15, 0.2) is 0 Å². The van der Waals surface area contributed by atoms with Crippen LogP contribution in [0.25, 0.3) is 0 Å². The second kappa shape index (κ2) is 10.6. The van der Waals surface area contributed by atoms with Crippen molar-refractivity contribution in [2.45, 2.75) is 73.9 Å². The highest BCUT2D eigenvalue weighted by molar-refractivity contribution is 7.85. The molecule has 30 heavy (non-hydrogen) atoms. The van der Waals surface area contributed by atoms with Crippen LogP contribution in [0.2, 0.25) is 0 Å². The van der Waals surface area contributed by atoms with Gasteiger partial charge in [0.1, 0.15) is 5.75 Å². The highest BCUT2D eigenvalue weighted by Gasteiger charge is 2.42. The molecule has 0 saturated heterocycles. The summed E-state index contributed by atoms with van der Waals surface area (Å²) in [5, 5.41) is 20.7. The Morgan fingerprint density at radius 2 is 1.90 bits per heavy atom. The van der Waals surface area contributed by atoms with Gasteiger partial charge in [-0.05, 0) is 75.1 Å². The molecule has 0 bridgehead atoms. The minimum Gasteiger partial charge on any atom is -0.497 e. The average molecular weight is 437 g/mol. The van der Waals surface area contributed by atoms with E-state index in [0.717, 1.165) is 19.3 Å². The van der Waals surface area contributed by atoms with Gasteiger partial charge in [-0.25, -0.2) is 0 Å². The Bertz CT molecular complexity index is 761. The number of benzene rings is 1. The van der Waals surface area contributed by atoms with E-state index in [0.29, 0.717) is 23.5 Å². The molecule has 1 aromatic rings. The number of methoxy groups -OCH3 is 1. The Balaban J connectivity index is 1.90. The van der Waals surface area contributed by atoms with Crippen molar-refractivity contribution in [3.63, 3.8) is 0 Å². The number of aliphatic hydroxyl groups excluding tert-OH is 2. The summed E-state index contributed by atoms with van der Waals surface area (Å²) in [5.74, 6) is -0.0618. The van der Waals surface area contributed by atoms with Gasteiger partial charge in [-0.1, -0.05) is 12.2 Å². The zero-order chi connectivity index (χ0) is 21.7. The first-order chi connectivity index (χ1) is 14.4. The molecule has 1 heterocycles. The lowest BCUT2D eigenvalue weighted by Crippen LogP contribution is -2.40. The first-order valence-corrected chi connectivity index (χ1v) is 11.9. The van der Waals surface area contributed by atoms with Crippen LogP contribution in [0, 0.1) is 11.8 Å². The normalized spacial score (nSPS) is 35.1. The van der Waals surface area contributed by atoms with Crippen LogP contribution in [0.4, 0.5) is 0 Å². The van der Waals surface area contributed by atoms with Crippen LogP contribution in [-0.2, 0) is 20.3 Å². The summed E-state index contributed by atoms with van der Waals surface area (Å²) in [6.07, 6.45) is 5.81. The number of aliphatic hydroxyl groups is 2. The molecule has 1 saturated carbocycles. The van der Waals surface area contributed by atoms with Gasteiger partial charge >= 0.3 is 5.97 Å². The molecule has 3 rings (SSSR count). The van der Waals surface area contributed by atoms with Crippen molar-refractivity contribution >= 4 is 16.8 Å². The number of hydrogen-bond acceptors (Lipinski definition) is 6. The van der Waals surface area contributed by atoms with Crippen molar-refractivity contribution in [1.29, 1.82) is 0 Å². The highest BCUT2D eigenvalue weighted by Crippen LogP contribution is 2.39. The third kappa shape index (κ3) is 5.71. The second-order valence-corrected chi connectivity index (χ2v) is 9.99. The number of carbonyl (C=O) groups excluding carboxylic acids is 1. The fourth-order valence-electron chi connectivity index (χ4n) is 4.46. The maximum absolute atomic E-state index is 13.4. The van der Waals surface area contributed by atoms with Crippen LogP contribution >= 0.6 is 0 Å².